The van der Waals surface area contributed by atoms with Gasteiger partial charge >= 0.3 is 6.18 Å². The quantitative estimate of drug-likeness (QED) is 0.710. The summed E-state index contributed by atoms with van der Waals surface area (Å²) in [5.41, 5.74) is 0.696. The van der Waals surface area contributed by atoms with E-state index in [4.69, 9.17) is 0 Å². The molecule has 2 N–H and O–H groups in total. The zero-order chi connectivity index (χ0) is 21.3. The summed E-state index contributed by atoms with van der Waals surface area (Å²) in [6, 6.07) is 11.3. The van der Waals surface area contributed by atoms with Crippen LogP contribution in [-0.2, 0) is 6.18 Å². The highest BCUT2D eigenvalue weighted by Gasteiger charge is 2.38. The number of aliphatic hydroxyl groups is 1. The van der Waals surface area contributed by atoms with Crippen LogP contribution in [0.4, 0.5) is 24.5 Å². The van der Waals surface area contributed by atoms with Gasteiger partial charge in [-0.15, -0.1) is 0 Å². The second kappa shape index (κ2) is 8.78. The van der Waals surface area contributed by atoms with Gasteiger partial charge in [-0.1, -0.05) is 37.2 Å². The molecule has 8 heteroatoms. The van der Waals surface area contributed by atoms with Gasteiger partial charge in [0.1, 0.15) is 6.23 Å². The fourth-order valence-corrected chi connectivity index (χ4v) is 5.27. The Hall–Kier alpha value is -1.74. The van der Waals surface area contributed by atoms with Crippen molar-refractivity contribution in [2.45, 2.75) is 48.0 Å². The Balaban J connectivity index is 1.81. The van der Waals surface area contributed by atoms with Crippen molar-refractivity contribution in [3.05, 3.63) is 48.0 Å². The van der Waals surface area contributed by atoms with E-state index >= 15 is 0 Å². The molecule has 4 nitrogen and oxygen atoms in total. The number of para-hydroxylation sites is 1. The van der Waals surface area contributed by atoms with Gasteiger partial charge in [0.2, 0.25) is 0 Å². The van der Waals surface area contributed by atoms with Crippen molar-refractivity contribution in [3.8, 4) is 0 Å². The lowest BCUT2D eigenvalue weighted by molar-refractivity contribution is -0.137. The molecule has 2 heterocycles. The minimum Gasteiger partial charge on any atom is -0.376 e. The van der Waals surface area contributed by atoms with E-state index in [1.165, 1.54) is 17.8 Å². The van der Waals surface area contributed by atoms with Gasteiger partial charge in [0.15, 0.2) is 0 Å². The number of aliphatic hydroxyl groups excluding tert-OH is 1. The van der Waals surface area contributed by atoms with Crippen LogP contribution in [0.1, 0.15) is 25.3 Å². The summed E-state index contributed by atoms with van der Waals surface area (Å²) in [6.07, 6.45) is -3.71. The Kier molecular flexibility index (Phi) is 6.29. The van der Waals surface area contributed by atoms with Crippen LogP contribution in [0.5, 0.6) is 0 Å². The number of hydrogen-bond donors (Lipinski definition) is 2. The van der Waals surface area contributed by atoms with E-state index in [0.717, 1.165) is 41.1 Å². The highest BCUT2D eigenvalue weighted by molar-refractivity contribution is 7.99. The molecule has 0 aromatic heterocycles. The fraction of sp³-hybridized carbons (Fsp3) is 0.455. The van der Waals surface area contributed by atoms with Gasteiger partial charge in [-0.05, 0) is 36.8 Å². The van der Waals surface area contributed by atoms with Crippen molar-refractivity contribution in [3.63, 3.8) is 0 Å². The second-order valence-electron chi connectivity index (χ2n) is 7.68. The van der Waals surface area contributed by atoms with Crippen LogP contribution in [0.25, 0.3) is 0 Å². The molecule has 2 atom stereocenters. The van der Waals surface area contributed by atoms with Gasteiger partial charge in [0, 0.05) is 36.0 Å². The van der Waals surface area contributed by atoms with Gasteiger partial charge in [-0.3, -0.25) is 4.90 Å². The summed E-state index contributed by atoms with van der Waals surface area (Å²) in [6.45, 7) is 5.03. The molecular formula is C22H26F3N3OS. The van der Waals surface area contributed by atoms with E-state index in [0.29, 0.717) is 25.2 Å². The molecular weight excluding hydrogens is 411 g/mol. The van der Waals surface area contributed by atoms with E-state index in [9.17, 15) is 18.3 Å². The zero-order valence-electron chi connectivity index (χ0n) is 16.8. The van der Waals surface area contributed by atoms with Crippen LogP contribution in [0.2, 0.25) is 0 Å². The Bertz CT molecular complexity index is 886. The molecule has 30 heavy (non-hydrogen) atoms. The minimum absolute atomic E-state index is 0.350. The Morgan fingerprint density at radius 2 is 1.77 bits per heavy atom. The molecule has 2 aliphatic heterocycles. The number of piperazine rings is 1. The van der Waals surface area contributed by atoms with Crippen molar-refractivity contribution in [1.82, 2.24) is 10.2 Å². The van der Waals surface area contributed by atoms with Crippen LogP contribution in [0, 0.1) is 0 Å². The number of rotatable bonds is 5. The Morgan fingerprint density at radius 3 is 2.47 bits per heavy atom. The molecule has 2 aliphatic rings. The average molecular weight is 438 g/mol. The van der Waals surface area contributed by atoms with Gasteiger partial charge < -0.3 is 15.3 Å². The van der Waals surface area contributed by atoms with Crippen LogP contribution < -0.4 is 10.2 Å². The highest BCUT2D eigenvalue weighted by Crippen LogP contribution is 2.51. The first-order valence-electron chi connectivity index (χ1n) is 10.3. The fourth-order valence-electron chi connectivity index (χ4n) is 4.21. The van der Waals surface area contributed by atoms with Crippen molar-refractivity contribution < 1.29 is 18.3 Å². The molecule has 0 aliphatic carbocycles. The van der Waals surface area contributed by atoms with Crippen LogP contribution in [0.15, 0.2) is 52.3 Å². The highest BCUT2D eigenvalue weighted by atomic mass is 32.2. The van der Waals surface area contributed by atoms with E-state index in [2.05, 4.69) is 5.32 Å². The molecule has 0 bridgehead atoms. The van der Waals surface area contributed by atoms with Crippen LogP contribution in [-0.4, -0.2) is 48.5 Å². The summed E-state index contributed by atoms with van der Waals surface area (Å²) in [5.74, 6) is 0. The first-order chi connectivity index (χ1) is 14.4. The maximum absolute atomic E-state index is 13.5. The number of benzene rings is 2. The van der Waals surface area contributed by atoms with Gasteiger partial charge in [-0.25, -0.2) is 0 Å². The summed E-state index contributed by atoms with van der Waals surface area (Å²) in [4.78, 5) is 5.72. The zero-order valence-corrected chi connectivity index (χ0v) is 17.6. The van der Waals surface area contributed by atoms with E-state index in [1.807, 2.05) is 41.0 Å². The number of fused-ring (bicyclic) bond motifs is 2. The van der Waals surface area contributed by atoms with E-state index < -0.39 is 18.0 Å². The third kappa shape index (κ3) is 4.19. The standard InChI is InChI=1S/C22H26F3N3OS/c1-2-5-17(21(29)27-12-10-26-11-13-27)28-16-6-3-4-7-19(16)30-20-9-8-15(14-18(20)28)22(23,24)25/h3-4,6-9,14,17,21,26,29H,2,5,10-13H2,1H3. The number of alkyl halides is 3. The summed E-state index contributed by atoms with van der Waals surface area (Å²) in [7, 11) is 0. The molecule has 162 valence electrons. The van der Waals surface area contributed by atoms with Crippen LogP contribution >= 0.6 is 11.8 Å². The molecule has 2 unspecified atom stereocenters. The lowest BCUT2D eigenvalue weighted by atomic mass is 10.0. The topological polar surface area (TPSA) is 38.7 Å². The maximum atomic E-state index is 13.5. The van der Waals surface area contributed by atoms with Gasteiger partial charge in [-0.2, -0.15) is 13.2 Å². The van der Waals surface area contributed by atoms with Crippen molar-refractivity contribution >= 4 is 23.1 Å². The Morgan fingerprint density at radius 1 is 1.07 bits per heavy atom. The SMILES string of the molecule is CCCC(C(O)N1CCNCC1)N1c2ccccc2Sc2ccc(C(F)(F)F)cc21. The average Bonchev–Trinajstić information content (AvgIpc) is 2.75. The van der Waals surface area contributed by atoms with Crippen molar-refractivity contribution in [2.75, 3.05) is 31.1 Å². The molecule has 2 aromatic rings. The molecule has 4 rings (SSSR count). The normalized spacial score (nSPS) is 19.2. The predicted molar refractivity (Wildman–Crippen MR) is 113 cm³/mol. The van der Waals surface area contributed by atoms with Gasteiger partial charge in [0.25, 0.3) is 0 Å². The number of nitrogens with one attached hydrogen (secondary N) is 1. The molecule has 1 saturated heterocycles. The van der Waals surface area contributed by atoms with E-state index in [-0.39, 0.29) is 6.04 Å². The minimum atomic E-state index is -4.42. The summed E-state index contributed by atoms with van der Waals surface area (Å²) < 4.78 is 40.5. The van der Waals surface area contributed by atoms with E-state index in [1.54, 1.807) is 6.07 Å². The van der Waals surface area contributed by atoms with Crippen LogP contribution in [0.3, 0.4) is 0 Å². The molecule has 0 spiro atoms. The predicted octanol–water partition coefficient (Wildman–Crippen LogP) is 4.70. The Labute approximate surface area is 179 Å². The number of halogens is 3. The summed E-state index contributed by atoms with van der Waals surface area (Å²) >= 11 is 1.47. The molecule has 0 amide bonds. The second-order valence-corrected chi connectivity index (χ2v) is 8.76. The molecule has 1 fully saturated rings. The van der Waals surface area contributed by atoms with Crippen molar-refractivity contribution in [2.24, 2.45) is 0 Å². The largest absolute Gasteiger partial charge is 0.416 e. The lowest BCUT2D eigenvalue weighted by Gasteiger charge is -2.44. The van der Waals surface area contributed by atoms with Gasteiger partial charge in [0.05, 0.1) is 23.0 Å². The number of anilines is 2. The smallest absolute Gasteiger partial charge is 0.376 e. The third-order valence-corrected chi connectivity index (χ3v) is 6.81. The first-order valence-corrected chi connectivity index (χ1v) is 11.1. The molecule has 0 saturated carbocycles. The van der Waals surface area contributed by atoms with Crippen molar-refractivity contribution in [1.29, 1.82) is 0 Å². The number of hydrogen-bond acceptors (Lipinski definition) is 5. The third-order valence-electron chi connectivity index (χ3n) is 5.68. The summed E-state index contributed by atoms with van der Waals surface area (Å²) in [5, 5.41) is 14.6. The monoisotopic (exact) mass is 437 g/mol. The molecule has 0 radical (unpaired) electrons. The molecule has 2 aromatic carbocycles. The number of nitrogens with zero attached hydrogens (tertiary/aromatic N) is 2. The lowest BCUT2D eigenvalue weighted by Crippen LogP contribution is -2.56. The first kappa shape index (κ1) is 21.5. The maximum Gasteiger partial charge on any atom is 0.416 e.